The number of benzene rings is 4. The molecule has 4 aromatic carbocycles. The van der Waals surface area contributed by atoms with Crippen LogP contribution in [0.3, 0.4) is 0 Å². The van der Waals surface area contributed by atoms with E-state index in [0.717, 1.165) is 47.9 Å². The molecule has 1 N–H and O–H groups in total. The monoisotopic (exact) mass is 764 g/mol. The van der Waals surface area contributed by atoms with Crippen LogP contribution >= 0.6 is 11.5 Å². The first-order valence-electron chi connectivity index (χ1n) is 17.4. The fraction of sp³-hybridized carbons (Fsp3) is 0.275. The standard InChI is InChI=1S/C40H40N6O6S2/c1-40(2,3)52-39(48)46-21-19-45(20-22-46)18-8-13-35(47)31-12-7-11-30(23-31)34-25-29(28-9-5-4-6-10-28)14-16-37(34)51-36-17-15-33(24-32(36)26-41)54(49,50)44-38-42-27-43-53-38/h4-7,9-12,14-17,23-25,27H,8,13,18-22H2,1-3H3,(H,42,43,44). The van der Waals surface area contributed by atoms with E-state index in [0.29, 0.717) is 42.8 Å². The molecule has 1 aliphatic heterocycles. The van der Waals surface area contributed by atoms with Crippen LogP contribution in [0.1, 0.15) is 49.5 Å². The summed E-state index contributed by atoms with van der Waals surface area (Å²) >= 11 is 0.894. The van der Waals surface area contributed by atoms with Crippen molar-refractivity contribution in [3.05, 3.63) is 108 Å². The molecule has 0 atom stereocenters. The summed E-state index contributed by atoms with van der Waals surface area (Å²) in [6.45, 7) is 8.91. The van der Waals surface area contributed by atoms with Crippen LogP contribution in [-0.4, -0.2) is 77.8 Å². The van der Waals surface area contributed by atoms with Gasteiger partial charge in [0.1, 0.15) is 29.5 Å². The number of rotatable bonds is 12. The maximum absolute atomic E-state index is 13.5. The third-order valence-electron chi connectivity index (χ3n) is 8.67. The number of nitrogens with zero attached hydrogens (tertiary/aromatic N) is 5. The molecule has 12 nitrogen and oxygen atoms in total. The van der Waals surface area contributed by atoms with E-state index in [-0.39, 0.29) is 33.2 Å². The van der Waals surface area contributed by atoms with Crippen molar-refractivity contribution < 1.29 is 27.5 Å². The first-order valence-corrected chi connectivity index (χ1v) is 19.7. The first kappa shape index (κ1) is 38.1. The van der Waals surface area contributed by atoms with Gasteiger partial charge in [0.2, 0.25) is 5.13 Å². The lowest BCUT2D eigenvalue weighted by molar-refractivity contribution is 0.0144. The number of Topliss-reactive ketones (excluding diaryl/α,β-unsaturated/α-hetero) is 1. The van der Waals surface area contributed by atoms with E-state index in [1.165, 1.54) is 24.5 Å². The molecule has 14 heteroatoms. The van der Waals surface area contributed by atoms with Crippen LogP contribution in [0.4, 0.5) is 9.93 Å². The fourth-order valence-corrected chi connectivity index (χ4v) is 7.65. The highest BCUT2D eigenvalue weighted by atomic mass is 32.2. The van der Waals surface area contributed by atoms with Crippen LogP contribution < -0.4 is 9.46 Å². The fourth-order valence-electron chi connectivity index (χ4n) is 5.97. The van der Waals surface area contributed by atoms with Crippen molar-refractivity contribution in [3.8, 4) is 39.8 Å². The highest BCUT2D eigenvalue weighted by Gasteiger charge is 2.26. The summed E-state index contributed by atoms with van der Waals surface area (Å²) in [6, 6.07) is 29.0. The Balaban J connectivity index is 1.19. The number of ketones is 1. The van der Waals surface area contributed by atoms with E-state index in [4.69, 9.17) is 9.47 Å². The van der Waals surface area contributed by atoms with E-state index in [1.807, 2.05) is 81.4 Å². The molecule has 0 saturated carbocycles. The second-order valence-corrected chi connectivity index (χ2v) is 16.2. The zero-order valence-electron chi connectivity index (χ0n) is 30.2. The van der Waals surface area contributed by atoms with Crippen molar-refractivity contribution in [1.82, 2.24) is 19.2 Å². The topological polar surface area (TPSA) is 155 Å². The highest BCUT2D eigenvalue weighted by Crippen LogP contribution is 2.39. The van der Waals surface area contributed by atoms with Gasteiger partial charge in [0.25, 0.3) is 10.0 Å². The van der Waals surface area contributed by atoms with Gasteiger partial charge in [0, 0.05) is 55.3 Å². The van der Waals surface area contributed by atoms with E-state index in [2.05, 4.69) is 25.0 Å². The second-order valence-electron chi connectivity index (χ2n) is 13.7. The van der Waals surface area contributed by atoms with Crippen molar-refractivity contribution in [1.29, 1.82) is 5.26 Å². The summed E-state index contributed by atoms with van der Waals surface area (Å²) in [7, 11) is -4.03. The summed E-state index contributed by atoms with van der Waals surface area (Å²) in [5.41, 5.74) is 3.38. The van der Waals surface area contributed by atoms with Crippen molar-refractivity contribution >= 4 is 38.6 Å². The molecule has 0 unspecified atom stereocenters. The molecule has 0 spiro atoms. The Kier molecular flexibility index (Phi) is 11.7. The molecule has 1 saturated heterocycles. The van der Waals surface area contributed by atoms with Crippen LogP contribution in [0.15, 0.2) is 102 Å². The minimum atomic E-state index is -4.03. The number of amides is 1. The molecule has 1 fully saturated rings. The number of carbonyl (C=O) groups excluding carboxylic acids is 2. The number of nitrogens with one attached hydrogen (secondary N) is 1. The number of aromatic nitrogens is 2. The van der Waals surface area contributed by atoms with Crippen molar-refractivity contribution in [2.75, 3.05) is 37.4 Å². The predicted octanol–water partition coefficient (Wildman–Crippen LogP) is 7.85. The Bertz CT molecular complexity index is 2260. The number of ether oxygens (including phenoxy) is 2. The third-order valence-corrected chi connectivity index (χ3v) is 10.7. The molecule has 5 aromatic rings. The van der Waals surface area contributed by atoms with Crippen molar-refractivity contribution in [2.45, 2.75) is 44.1 Å². The number of piperazine rings is 1. The van der Waals surface area contributed by atoms with E-state index >= 15 is 0 Å². The maximum Gasteiger partial charge on any atom is 0.410 e. The lowest BCUT2D eigenvalue weighted by Crippen LogP contribution is -2.50. The molecule has 0 radical (unpaired) electrons. The van der Waals surface area contributed by atoms with Gasteiger partial charge in [-0.2, -0.15) is 9.64 Å². The third kappa shape index (κ3) is 9.67. The molecule has 6 rings (SSSR count). The van der Waals surface area contributed by atoms with Crippen molar-refractivity contribution in [2.24, 2.45) is 0 Å². The van der Waals surface area contributed by atoms with E-state index in [9.17, 15) is 23.3 Å². The largest absolute Gasteiger partial charge is 0.455 e. The molecule has 1 aliphatic rings. The lowest BCUT2D eigenvalue weighted by atomic mass is 9.95. The average Bonchev–Trinajstić information content (AvgIpc) is 3.67. The molecule has 0 aliphatic carbocycles. The Hall–Kier alpha value is -5.62. The number of sulfonamides is 1. The Morgan fingerprint density at radius 2 is 1.63 bits per heavy atom. The molecular weight excluding hydrogens is 725 g/mol. The maximum atomic E-state index is 13.5. The molecule has 278 valence electrons. The van der Waals surface area contributed by atoms with Gasteiger partial charge in [-0.25, -0.2) is 18.2 Å². The minimum Gasteiger partial charge on any atom is -0.455 e. The summed E-state index contributed by atoms with van der Waals surface area (Å²) in [4.78, 5) is 33.6. The van der Waals surface area contributed by atoms with Crippen LogP contribution in [0.25, 0.3) is 22.3 Å². The number of nitriles is 1. The first-order chi connectivity index (χ1) is 25.9. The average molecular weight is 765 g/mol. The number of hydrogen-bond donors (Lipinski definition) is 1. The number of carbonyl (C=O) groups is 2. The van der Waals surface area contributed by atoms with Crippen LogP contribution in [0, 0.1) is 11.3 Å². The Morgan fingerprint density at radius 3 is 2.33 bits per heavy atom. The summed E-state index contributed by atoms with van der Waals surface area (Å²) in [5, 5.41) is 10.1. The summed E-state index contributed by atoms with van der Waals surface area (Å²) < 4.78 is 44.0. The van der Waals surface area contributed by atoms with E-state index < -0.39 is 15.6 Å². The van der Waals surface area contributed by atoms with Crippen LogP contribution in [0.5, 0.6) is 11.5 Å². The molecule has 1 aromatic heterocycles. The van der Waals surface area contributed by atoms with Crippen LogP contribution in [-0.2, 0) is 14.8 Å². The lowest BCUT2D eigenvalue weighted by Gasteiger charge is -2.35. The zero-order chi connectivity index (χ0) is 38.3. The zero-order valence-corrected chi connectivity index (χ0v) is 31.8. The van der Waals surface area contributed by atoms with Gasteiger partial charge < -0.3 is 14.4 Å². The van der Waals surface area contributed by atoms with Gasteiger partial charge in [0.05, 0.1) is 10.5 Å². The van der Waals surface area contributed by atoms with Crippen molar-refractivity contribution in [3.63, 3.8) is 0 Å². The predicted molar refractivity (Wildman–Crippen MR) is 207 cm³/mol. The van der Waals surface area contributed by atoms with Gasteiger partial charge in [-0.1, -0.05) is 54.6 Å². The SMILES string of the molecule is CC(C)(C)OC(=O)N1CCN(CCCC(=O)c2cccc(-c3cc(-c4ccccc4)ccc3Oc3ccc(S(=O)(=O)Nc4ncns4)cc3C#N)c2)CC1. The van der Waals surface area contributed by atoms with Crippen LogP contribution in [0.2, 0.25) is 0 Å². The molecular formula is C40H40N6O6S2. The Morgan fingerprint density at radius 1 is 0.889 bits per heavy atom. The molecule has 0 bridgehead atoms. The molecule has 2 heterocycles. The normalized spacial score (nSPS) is 13.6. The number of hydrogen-bond acceptors (Lipinski definition) is 11. The Labute approximate surface area is 319 Å². The molecule has 1 amide bonds. The molecule has 54 heavy (non-hydrogen) atoms. The summed E-state index contributed by atoms with van der Waals surface area (Å²) in [5.74, 6) is 0.598. The van der Waals surface area contributed by atoms with Gasteiger partial charge >= 0.3 is 6.09 Å². The van der Waals surface area contributed by atoms with Gasteiger partial charge in [-0.3, -0.25) is 14.4 Å². The van der Waals surface area contributed by atoms with Gasteiger partial charge in [-0.15, -0.1) is 0 Å². The second kappa shape index (κ2) is 16.6. The van der Waals surface area contributed by atoms with E-state index in [1.54, 1.807) is 17.0 Å². The minimum absolute atomic E-state index is 0.0108. The quantitative estimate of drug-likeness (QED) is 0.124. The smallest absolute Gasteiger partial charge is 0.410 e. The van der Waals surface area contributed by atoms with Gasteiger partial charge in [0.15, 0.2) is 5.78 Å². The van der Waals surface area contributed by atoms with Gasteiger partial charge in [-0.05, 0) is 86.8 Å². The summed E-state index contributed by atoms with van der Waals surface area (Å²) in [6.07, 6.45) is 1.98. The highest BCUT2D eigenvalue weighted by molar-refractivity contribution is 7.93. The number of anilines is 1.